The highest BCUT2D eigenvalue weighted by atomic mass is 14.4. The summed E-state index contributed by atoms with van der Waals surface area (Å²) in [5.41, 5.74) is 19.4. The summed E-state index contributed by atoms with van der Waals surface area (Å²) >= 11 is 0. The van der Waals surface area contributed by atoms with Crippen molar-refractivity contribution in [3.63, 3.8) is 0 Å². The maximum Gasteiger partial charge on any atom is 0.0210 e. The van der Waals surface area contributed by atoms with Crippen molar-refractivity contribution in [1.82, 2.24) is 0 Å². The molecule has 0 saturated carbocycles. The predicted molar refractivity (Wildman–Crippen MR) is 229 cm³/mol. The maximum absolute atomic E-state index is 2.56. The van der Waals surface area contributed by atoms with E-state index in [1.807, 2.05) is 0 Å². The molecule has 0 unspecified atom stereocenters. The second kappa shape index (κ2) is 10.9. The summed E-state index contributed by atoms with van der Waals surface area (Å²) in [6.07, 6.45) is 2.13. The molecule has 0 N–H and O–H groups in total. The SMILES string of the molecule is CCC1(CC)c2cc(-c3ccc4c(c3)C(C)(C)c3ccccc3-4)ccc2-c2ccc(-c3cc(C)c4ccc5cc(C(C)(C)C)cc6ccc3c4c56)cc21. The minimum absolute atomic E-state index is 0.0131. The largest absolute Gasteiger partial charge is 0.0642 e. The van der Waals surface area contributed by atoms with Crippen LogP contribution in [0, 0.1) is 6.92 Å². The van der Waals surface area contributed by atoms with Crippen LogP contribution in [0.2, 0.25) is 0 Å². The van der Waals surface area contributed by atoms with Gasteiger partial charge in [-0.15, -0.1) is 0 Å². The zero-order chi connectivity index (χ0) is 36.6. The van der Waals surface area contributed by atoms with Gasteiger partial charge in [0.2, 0.25) is 0 Å². The van der Waals surface area contributed by atoms with E-state index in [2.05, 4.69) is 177 Å². The number of hydrogen-bond acceptors (Lipinski definition) is 0. The van der Waals surface area contributed by atoms with Crippen molar-refractivity contribution in [3.8, 4) is 44.5 Å². The van der Waals surface area contributed by atoms with Crippen molar-refractivity contribution in [3.05, 3.63) is 155 Å². The van der Waals surface area contributed by atoms with Gasteiger partial charge >= 0.3 is 0 Å². The summed E-state index contributed by atoms with van der Waals surface area (Å²) < 4.78 is 0. The Morgan fingerprint density at radius 2 is 1.00 bits per heavy atom. The van der Waals surface area contributed by atoms with E-state index in [1.165, 1.54) is 110 Å². The van der Waals surface area contributed by atoms with E-state index in [4.69, 9.17) is 0 Å². The molecule has 0 heteroatoms. The first-order chi connectivity index (χ1) is 25.4. The lowest BCUT2D eigenvalue weighted by Crippen LogP contribution is -2.23. The third-order valence-electron chi connectivity index (χ3n) is 13.6. The van der Waals surface area contributed by atoms with Gasteiger partial charge in [0, 0.05) is 10.8 Å². The van der Waals surface area contributed by atoms with Crippen LogP contribution in [0.3, 0.4) is 0 Å². The van der Waals surface area contributed by atoms with Crippen LogP contribution in [0.15, 0.2) is 121 Å². The molecule has 2 aliphatic carbocycles. The van der Waals surface area contributed by atoms with E-state index >= 15 is 0 Å². The van der Waals surface area contributed by atoms with Gasteiger partial charge in [-0.3, -0.25) is 0 Å². The molecule has 0 aliphatic heterocycles. The van der Waals surface area contributed by atoms with Crippen molar-refractivity contribution < 1.29 is 0 Å². The van der Waals surface area contributed by atoms with Crippen LogP contribution in [0.1, 0.15) is 94.7 Å². The Morgan fingerprint density at radius 3 is 1.62 bits per heavy atom. The Morgan fingerprint density at radius 1 is 0.472 bits per heavy atom. The number of aryl methyl sites for hydroxylation is 1. The summed E-state index contributed by atoms with van der Waals surface area (Å²) in [6.45, 7) is 18.8. The molecule has 260 valence electrons. The zero-order valence-corrected chi connectivity index (χ0v) is 32.5. The van der Waals surface area contributed by atoms with Crippen LogP contribution >= 0.6 is 0 Å². The van der Waals surface area contributed by atoms with Gasteiger partial charge in [0.25, 0.3) is 0 Å². The average molecular weight is 685 g/mol. The van der Waals surface area contributed by atoms with Crippen molar-refractivity contribution >= 4 is 32.3 Å². The molecule has 0 aromatic heterocycles. The average Bonchev–Trinajstić information content (AvgIpc) is 3.57. The molecular weight excluding hydrogens is 637 g/mol. The van der Waals surface area contributed by atoms with Crippen LogP contribution in [0.4, 0.5) is 0 Å². The van der Waals surface area contributed by atoms with Crippen LogP contribution < -0.4 is 0 Å². The predicted octanol–water partition coefficient (Wildman–Crippen LogP) is 14.9. The van der Waals surface area contributed by atoms with Crippen LogP contribution in [-0.2, 0) is 16.2 Å². The van der Waals surface area contributed by atoms with E-state index in [0.29, 0.717) is 0 Å². The minimum atomic E-state index is -0.0366. The van der Waals surface area contributed by atoms with E-state index in [-0.39, 0.29) is 16.2 Å². The van der Waals surface area contributed by atoms with Crippen molar-refractivity contribution in [2.75, 3.05) is 0 Å². The van der Waals surface area contributed by atoms with Gasteiger partial charge in [-0.2, -0.15) is 0 Å². The summed E-state index contributed by atoms with van der Waals surface area (Å²) in [7, 11) is 0. The standard InChI is InChI=1S/C53H48/c1-9-53(10-2)47-29-33(32-15-21-40-39-13-11-12-14-45(39)52(7,8)46(40)28-32)16-22-41(47)42-23-17-34(30-48(42)53)44-25-31(3)38-20-18-35-26-37(51(4,5)6)27-36-19-24-43(44)50(38)49(35)36/h11-30H,9-10H2,1-8H3. The summed E-state index contributed by atoms with van der Waals surface area (Å²) in [5.74, 6) is 0. The van der Waals surface area contributed by atoms with Crippen molar-refractivity contribution in [1.29, 1.82) is 0 Å². The van der Waals surface area contributed by atoms with Gasteiger partial charge < -0.3 is 0 Å². The fourth-order valence-corrected chi connectivity index (χ4v) is 10.5. The minimum Gasteiger partial charge on any atom is -0.0642 e. The Bertz CT molecular complexity index is 2790. The molecule has 0 amide bonds. The molecule has 10 rings (SSSR count). The first kappa shape index (κ1) is 32.5. The van der Waals surface area contributed by atoms with Gasteiger partial charge in [0.15, 0.2) is 0 Å². The highest BCUT2D eigenvalue weighted by molar-refractivity contribution is 6.26. The molecule has 0 atom stereocenters. The maximum atomic E-state index is 2.56. The van der Waals surface area contributed by atoms with Gasteiger partial charge in [0.05, 0.1) is 0 Å². The summed E-state index contributed by atoms with van der Waals surface area (Å²) in [4.78, 5) is 0. The second-order valence-electron chi connectivity index (χ2n) is 17.6. The van der Waals surface area contributed by atoms with Crippen LogP contribution in [0.5, 0.6) is 0 Å². The topological polar surface area (TPSA) is 0 Å². The molecule has 0 nitrogen and oxygen atoms in total. The molecule has 8 aromatic carbocycles. The quantitative estimate of drug-likeness (QED) is 0.162. The normalized spacial score (nSPS) is 15.2. The fourth-order valence-electron chi connectivity index (χ4n) is 10.5. The number of hydrogen-bond donors (Lipinski definition) is 0. The number of benzene rings is 8. The first-order valence-electron chi connectivity index (χ1n) is 19.7. The molecule has 2 aliphatic rings. The van der Waals surface area contributed by atoms with Crippen LogP contribution in [-0.4, -0.2) is 0 Å². The zero-order valence-electron chi connectivity index (χ0n) is 32.5. The van der Waals surface area contributed by atoms with Gasteiger partial charge in [-0.1, -0.05) is 152 Å². The lowest BCUT2D eigenvalue weighted by Gasteiger charge is -2.30. The summed E-state index contributed by atoms with van der Waals surface area (Å²) in [6, 6.07) is 47.5. The molecule has 0 fully saturated rings. The Hall–Kier alpha value is -5.20. The fraction of sp³-hybridized carbons (Fsp3) is 0.245. The van der Waals surface area contributed by atoms with E-state index in [0.717, 1.165) is 12.8 Å². The highest BCUT2D eigenvalue weighted by Gasteiger charge is 2.41. The molecule has 53 heavy (non-hydrogen) atoms. The smallest absolute Gasteiger partial charge is 0.0210 e. The molecule has 8 aromatic rings. The lowest BCUT2D eigenvalue weighted by atomic mass is 9.73. The molecule has 0 spiro atoms. The molecular formula is C53H48. The second-order valence-corrected chi connectivity index (χ2v) is 17.6. The summed E-state index contributed by atoms with van der Waals surface area (Å²) in [5, 5.41) is 8.20. The third kappa shape index (κ3) is 4.36. The monoisotopic (exact) mass is 684 g/mol. The Labute approximate surface area is 314 Å². The first-order valence-corrected chi connectivity index (χ1v) is 19.7. The highest BCUT2D eigenvalue weighted by Crippen LogP contribution is 2.55. The van der Waals surface area contributed by atoms with Gasteiger partial charge in [-0.05, 0) is 154 Å². The van der Waals surface area contributed by atoms with Gasteiger partial charge in [-0.25, -0.2) is 0 Å². The number of rotatable bonds is 4. The van der Waals surface area contributed by atoms with Crippen molar-refractivity contribution in [2.24, 2.45) is 0 Å². The Balaban J connectivity index is 1.11. The van der Waals surface area contributed by atoms with Crippen molar-refractivity contribution in [2.45, 2.75) is 84.5 Å². The van der Waals surface area contributed by atoms with E-state index in [1.54, 1.807) is 0 Å². The van der Waals surface area contributed by atoms with E-state index < -0.39 is 0 Å². The number of fused-ring (bicyclic) bond motifs is 6. The van der Waals surface area contributed by atoms with Gasteiger partial charge in [0.1, 0.15) is 0 Å². The van der Waals surface area contributed by atoms with E-state index in [9.17, 15) is 0 Å². The molecule has 0 bridgehead atoms. The lowest BCUT2D eigenvalue weighted by molar-refractivity contribution is 0.491. The Kier molecular flexibility index (Phi) is 6.69. The molecule has 0 radical (unpaired) electrons. The molecule has 0 saturated heterocycles. The van der Waals surface area contributed by atoms with Crippen LogP contribution in [0.25, 0.3) is 76.8 Å². The molecule has 0 heterocycles. The third-order valence-corrected chi connectivity index (χ3v) is 13.6.